The summed E-state index contributed by atoms with van der Waals surface area (Å²) in [7, 11) is 0. The number of aromatic nitrogens is 2. The molecule has 1 aliphatic heterocycles. The molecule has 4 heteroatoms. The fraction of sp³-hybridized carbons (Fsp3) is 0.0556. The van der Waals surface area contributed by atoms with Gasteiger partial charge in [0.25, 0.3) is 0 Å². The Hall–Kier alpha value is -7.06. The van der Waals surface area contributed by atoms with Gasteiger partial charge in [-0.25, -0.2) is 9.97 Å². The van der Waals surface area contributed by atoms with E-state index in [0.29, 0.717) is 5.56 Å². The zero-order valence-corrected chi connectivity index (χ0v) is 32.4. The molecule has 0 saturated heterocycles. The molecule has 0 unspecified atom stereocenters. The standard InChI is InChI=1S/C54H35N3S/c55-34-35-22-24-37(25-23-35)42-16-11-19-47-52(42)43-32-41(30-31-44(43)54(47)45-17-7-9-20-50(45)58-51-21-10-8-18-46(51)54)36-26-28-40(29-27-36)53-56-48(38-12-3-1-4-13-38)33-49(57-53)39-14-5-2-6-15-39/h1-5,7-14,16-33H,6,15H2. The Kier molecular flexibility index (Phi) is 8.17. The van der Waals surface area contributed by atoms with E-state index in [1.165, 1.54) is 48.7 Å². The predicted octanol–water partition coefficient (Wildman–Crippen LogP) is 13.6. The van der Waals surface area contributed by atoms with E-state index in [9.17, 15) is 5.26 Å². The minimum atomic E-state index is -0.490. The minimum Gasteiger partial charge on any atom is -0.228 e. The van der Waals surface area contributed by atoms with Crippen LogP contribution in [-0.2, 0) is 5.41 Å². The topological polar surface area (TPSA) is 49.6 Å². The maximum absolute atomic E-state index is 9.62. The van der Waals surface area contributed by atoms with Crippen LogP contribution in [0.5, 0.6) is 0 Å². The number of nitrogens with zero attached hydrogens (tertiary/aromatic N) is 3. The fourth-order valence-electron chi connectivity index (χ4n) is 9.22. The summed E-state index contributed by atoms with van der Waals surface area (Å²) in [6.45, 7) is 0. The van der Waals surface area contributed by atoms with Crippen molar-refractivity contribution < 1.29 is 0 Å². The lowest BCUT2D eigenvalue weighted by Gasteiger charge is -2.39. The molecule has 3 aliphatic rings. The molecule has 0 fully saturated rings. The highest BCUT2D eigenvalue weighted by atomic mass is 32.2. The van der Waals surface area contributed by atoms with Crippen molar-refractivity contribution >= 4 is 17.3 Å². The molecule has 0 bridgehead atoms. The largest absolute Gasteiger partial charge is 0.228 e. The molecule has 0 amide bonds. The van der Waals surface area contributed by atoms with Gasteiger partial charge < -0.3 is 0 Å². The average Bonchev–Trinajstić information content (AvgIpc) is 3.59. The fourth-order valence-corrected chi connectivity index (χ4v) is 10.4. The van der Waals surface area contributed by atoms with Gasteiger partial charge in [0.15, 0.2) is 5.82 Å². The molecule has 1 spiro atoms. The molecule has 58 heavy (non-hydrogen) atoms. The number of benzene rings is 7. The molecule has 272 valence electrons. The van der Waals surface area contributed by atoms with E-state index in [2.05, 4.69) is 176 Å². The monoisotopic (exact) mass is 757 g/mol. The lowest BCUT2D eigenvalue weighted by molar-refractivity contribution is 0.722. The third kappa shape index (κ3) is 5.43. The van der Waals surface area contributed by atoms with Gasteiger partial charge in [-0.05, 0) is 110 Å². The Labute approximate surface area is 342 Å². The second kappa shape index (κ2) is 13.8. The molecule has 8 aromatic rings. The molecule has 3 nitrogen and oxygen atoms in total. The van der Waals surface area contributed by atoms with E-state index in [1.807, 2.05) is 30.0 Å². The lowest BCUT2D eigenvalue weighted by atomic mass is 9.67. The smallest absolute Gasteiger partial charge is 0.160 e. The second-order valence-electron chi connectivity index (χ2n) is 15.1. The van der Waals surface area contributed by atoms with Gasteiger partial charge in [-0.1, -0.05) is 163 Å². The van der Waals surface area contributed by atoms with Crippen molar-refractivity contribution in [2.45, 2.75) is 28.0 Å². The van der Waals surface area contributed by atoms with Crippen molar-refractivity contribution in [3.8, 4) is 62.1 Å². The summed E-state index contributed by atoms with van der Waals surface area (Å²) >= 11 is 1.86. The van der Waals surface area contributed by atoms with Gasteiger partial charge in [0, 0.05) is 20.9 Å². The number of hydrogen-bond donors (Lipinski definition) is 0. The highest BCUT2D eigenvalue weighted by Gasteiger charge is 2.50. The predicted molar refractivity (Wildman–Crippen MR) is 236 cm³/mol. The molecule has 0 saturated carbocycles. The number of allylic oxidation sites excluding steroid dienone is 4. The molecule has 2 aliphatic carbocycles. The van der Waals surface area contributed by atoms with Gasteiger partial charge in [-0.3, -0.25) is 0 Å². The number of nitriles is 1. The maximum atomic E-state index is 9.62. The van der Waals surface area contributed by atoms with E-state index in [-0.39, 0.29) is 0 Å². The zero-order valence-electron chi connectivity index (χ0n) is 31.6. The number of rotatable bonds is 5. The Morgan fingerprint density at radius 3 is 1.90 bits per heavy atom. The third-order valence-electron chi connectivity index (χ3n) is 11.9. The number of hydrogen-bond acceptors (Lipinski definition) is 4. The van der Waals surface area contributed by atoms with Crippen molar-refractivity contribution in [1.29, 1.82) is 5.26 Å². The van der Waals surface area contributed by atoms with Crippen molar-refractivity contribution in [2.75, 3.05) is 0 Å². The van der Waals surface area contributed by atoms with Crippen LogP contribution in [0.4, 0.5) is 0 Å². The summed E-state index contributed by atoms with van der Waals surface area (Å²) in [5.74, 6) is 0.725. The summed E-state index contributed by atoms with van der Waals surface area (Å²) in [5, 5.41) is 9.62. The van der Waals surface area contributed by atoms with Gasteiger partial charge in [-0.15, -0.1) is 0 Å². The first-order valence-electron chi connectivity index (χ1n) is 19.8. The SMILES string of the molecule is N#Cc1ccc(-c2cccc3c2-c2cc(-c4ccc(-c5nc(C6=CC=CCC6)cc(-c6ccccc6)n5)cc4)ccc2C32c3ccccc3Sc3ccccc32)cc1. The van der Waals surface area contributed by atoms with Crippen LogP contribution in [-0.4, -0.2) is 9.97 Å². The molecule has 0 N–H and O–H groups in total. The van der Waals surface area contributed by atoms with Crippen LogP contribution >= 0.6 is 11.8 Å². The molecular weight excluding hydrogens is 723 g/mol. The highest BCUT2D eigenvalue weighted by molar-refractivity contribution is 7.99. The highest BCUT2D eigenvalue weighted by Crippen LogP contribution is 2.63. The Morgan fingerprint density at radius 2 is 1.17 bits per heavy atom. The van der Waals surface area contributed by atoms with Gasteiger partial charge in [-0.2, -0.15) is 5.26 Å². The zero-order chi connectivity index (χ0) is 38.6. The third-order valence-corrected chi connectivity index (χ3v) is 13.1. The first-order valence-corrected chi connectivity index (χ1v) is 20.6. The van der Waals surface area contributed by atoms with Crippen LogP contribution in [0.3, 0.4) is 0 Å². The van der Waals surface area contributed by atoms with E-state index in [4.69, 9.17) is 9.97 Å². The van der Waals surface area contributed by atoms with Crippen molar-refractivity contribution in [1.82, 2.24) is 9.97 Å². The first-order chi connectivity index (χ1) is 28.7. The summed E-state index contributed by atoms with van der Waals surface area (Å²) in [5.41, 5.74) is 17.6. The Morgan fingerprint density at radius 1 is 0.517 bits per heavy atom. The number of fused-ring (bicyclic) bond motifs is 9. The van der Waals surface area contributed by atoms with Gasteiger partial charge >= 0.3 is 0 Å². The maximum Gasteiger partial charge on any atom is 0.160 e. The van der Waals surface area contributed by atoms with Gasteiger partial charge in [0.2, 0.25) is 0 Å². The summed E-state index contributed by atoms with van der Waals surface area (Å²) in [6, 6.07) is 63.2. The van der Waals surface area contributed by atoms with Crippen molar-refractivity contribution in [3.05, 3.63) is 222 Å². The van der Waals surface area contributed by atoms with Crippen LogP contribution < -0.4 is 0 Å². The van der Waals surface area contributed by atoms with E-state index >= 15 is 0 Å². The van der Waals surface area contributed by atoms with Crippen molar-refractivity contribution in [2.24, 2.45) is 0 Å². The molecule has 0 radical (unpaired) electrons. The molecule has 1 aromatic heterocycles. The van der Waals surface area contributed by atoms with Crippen LogP contribution in [0.2, 0.25) is 0 Å². The molecule has 2 heterocycles. The second-order valence-corrected chi connectivity index (χ2v) is 16.2. The van der Waals surface area contributed by atoms with Gasteiger partial charge in [0.05, 0.1) is 28.4 Å². The minimum absolute atomic E-state index is 0.490. The average molecular weight is 758 g/mol. The van der Waals surface area contributed by atoms with Gasteiger partial charge in [0.1, 0.15) is 0 Å². The van der Waals surface area contributed by atoms with E-state index < -0.39 is 5.41 Å². The van der Waals surface area contributed by atoms with Crippen LogP contribution in [0.1, 0.15) is 46.4 Å². The summed E-state index contributed by atoms with van der Waals surface area (Å²) in [4.78, 5) is 12.8. The van der Waals surface area contributed by atoms with E-state index in [1.54, 1.807) is 0 Å². The molecule has 0 atom stereocenters. The quantitative estimate of drug-likeness (QED) is 0.175. The first kappa shape index (κ1) is 34.2. The molecule has 11 rings (SSSR count). The van der Waals surface area contributed by atoms with Crippen molar-refractivity contribution in [3.63, 3.8) is 0 Å². The van der Waals surface area contributed by atoms with Crippen LogP contribution in [0.15, 0.2) is 198 Å². The molecule has 7 aromatic carbocycles. The normalized spacial score (nSPS) is 14.2. The Balaban J connectivity index is 1.08. The molecular formula is C54H35N3S. The lowest BCUT2D eigenvalue weighted by Crippen LogP contribution is -2.31. The Bertz CT molecular complexity index is 2980. The van der Waals surface area contributed by atoms with Crippen LogP contribution in [0.25, 0.3) is 61.6 Å². The summed E-state index contributed by atoms with van der Waals surface area (Å²) in [6.07, 6.45) is 8.50. The summed E-state index contributed by atoms with van der Waals surface area (Å²) < 4.78 is 0. The van der Waals surface area contributed by atoms with E-state index in [0.717, 1.165) is 63.4 Å². The van der Waals surface area contributed by atoms with Crippen LogP contribution in [0, 0.1) is 11.3 Å².